The molecule has 5 aromatic rings. The van der Waals surface area contributed by atoms with Gasteiger partial charge in [-0.3, -0.25) is 19.4 Å². The number of anilines is 2. The molecule has 5 amide bonds. The Hall–Kier alpha value is -6.80. The Labute approximate surface area is 357 Å². The third-order valence-electron chi connectivity index (χ3n) is 9.65. The number of urea groups is 2. The SMILES string of the molecule is O=C(CNC(=O)C(F)(F)F)c1ccc(CN(C(=O)N2CCOCC2)c2ccccc2)cc1.O=C(N1CCOCC1)N(Cc1ccc(-c2nnc(C(F)(F)F)o2)cc1)c1ccccc1. The molecule has 7 rings (SSSR count). The quantitative estimate of drug-likeness (QED) is 0.113. The first-order chi connectivity index (χ1) is 30.2. The first-order valence-electron chi connectivity index (χ1n) is 19.5. The van der Waals surface area contributed by atoms with Crippen molar-refractivity contribution in [2.75, 3.05) is 69.0 Å². The number of carbonyl (C=O) groups excluding carboxylic acids is 4. The molecule has 1 N–H and O–H groups in total. The molecule has 2 saturated heterocycles. The number of amides is 5. The first-order valence-corrected chi connectivity index (χ1v) is 19.5. The third-order valence-corrected chi connectivity index (χ3v) is 9.65. The molecular formula is C43H41F6N7O7. The van der Waals surface area contributed by atoms with Crippen LogP contribution in [0.3, 0.4) is 0 Å². The molecular weight excluding hydrogens is 841 g/mol. The average molecular weight is 882 g/mol. The van der Waals surface area contributed by atoms with Crippen molar-refractivity contribution in [3.05, 3.63) is 132 Å². The topological polar surface area (TPSA) is 151 Å². The van der Waals surface area contributed by atoms with Crippen molar-refractivity contribution >= 4 is 35.1 Å². The number of aromatic nitrogens is 2. The van der Waals surface area contributed by atoms with E-state index >= 15 is 0 Å². The Morgan fingerprint density at radius 3 is 1.46 bits per heavy atom. The maximum atomic E-state index is 13.1. The van der Waals surface area contributed by atoms with Gasteiger partial charge in [-0.1, -0.05) is 72.8 Å². The summed E-state index contributed by atoms with van der Waals surface area (Å²) in [4.78, 5) is 55.9. The molecule has 0 unspecified atom stereocenters. The van der Waals surface area contributed by atoms with Crippen LogP contribution in [0, 0.1) is 0 Å². The fourth-order valence-corrected chi connectivity index (χ4v) is 6.34. The molecule has 332 valence electrons. The lowest BCUT2D eigenvalue weighted by Gasteiger charge is -2.33. The van der Waals surface area contributed by atoms with Gasteiger partial charge in [0, 0.05) is 48.7 Å². The summed E-state index contributed by atoms with van der Waals surface area (Å²) in [6.07, 6.45) is -9.74. The van der Waals surface area contributed by atoms with E-state index in [9.17, 15) is 45.5 Å². The summed E-state index contributed by atoms with van der Waals surface area (Å²) in [5, 5.41) is 8.06. The monoisotopic (exact) mass is 881 g/mol. The van der Waals surface area contributed by atoms with Crippen molar-refractivity contribution in [1.29, 1.82) is 0 Å². The average Bonchev–Trinajstić information content (AvgIpc) is 3.82. The normalized spacial score (nSPS) is 14.3. The number of nitrogens with one attached hydrogen (secondary N) is 1. The van der Waals surface area contributed by atoms with Crippen LogP contribution in [0.25, 0.3) is 11.5 Å². The van der Waals surface area contributed by atoms with Gasteiger partial charge in [0.1, 0.15) is 0 Å². The van der Waals surface area contributed by atoms with Gasteiger partial charge in [-0.05, 0) is 47.5 Å². The van der Waals surface area contributed by atoms with Crippen molar-refractivity contribution in [3.8, 4) is 11.5 Å². The second-order valence-corrected chi connectivity index (χ2v) is 14.0. The number of para-hydroxylation sites is 2. The van der Waals surface area contributed by atoms with Gasteiger partial charge in [0.25, 0.3) is 0 Å². The highest BCUT2D eigenvalue weighted by molar-refractivity contribution is 6.00. The molecule has 14 nitrogen and oxygen atoms in total. The van der Waals surface area contributed by atoms with Gasteiger partial charge in [-0.25, -0.2) is 9.59 Å². The lowest BCUT2D eigenvalue weighted by atomic mass is 10.1. The largest absolute Gasteiger partial charge is 0.471 e. The van der Waals surface area contributed by atoms with Crippen molar-refractivity contribution in [2.24, 2.45) is 0 Å². The number of morpholine rings is 2. The van der Waals surface area contributed by atoms with Crippen molar-refractivity contribution in [1.82, 2.24) is 25.3 Å². The smallest absolute Gasteiger partial charge is 0.413 e. The van der Waals surface area contributed by atoms with Crippen LogP contribution in [0.1, 0.15) is 27.4 Å². The number of alkyl halides is 6. The molecule has 0 aliphatic carbocycles. The molecule has 0 atom stereocenters. The summed E-state index contributed by atoms with van der Waals surface area (Å²) >= 11 is 0. The molecule has 0 spiro atoms. The Balaban J connectivity index is 0.000000210. The zero-order chi connectivity index (χ0) is 45.0. The van der Waals surface area contributed by atoms with Gasteiger partial charge < -0.3 is 29.0 Å². The number of hydrogen-bond acceptors (Lipinski definition) is 9. The van der Waals surface area contributed by atoms with Crippen molar-refractivity contribution in [3.63, 3.8) is 0 Å². The van der Waals surface area contributed by atoms with Crippen LogP contribution in [-0.2, 0) is 33.5 Å². The Morgan fingerprint density at radius 2 is 1.05 bits per heavy atom. The highest BCUT2D eigenvalue weighted by atomic mass is 19.4. The number of ether oxygens (including phenoxy) is 2. The minimum Gasteiger partial charge on any atom is -0.413 e. The molecule has 20 heteroatoms. The highest BCUT2D eigenvalue weighted by Gasteiger charge is 2.39. The van der Waals surface area contributed by atoms with Gasteiger partial charge in [0.2, 0.25) is 5.89 Å². The molecule has 63 heavy (non-hydrogen) atoms. The third kappa shape index (κ3) is 12.6. The molecule has 0 bridgehead atoms. The molecule has 4 aromatic carbocycles. The summed E-state index contributed by atoms with van der Waals surface area (Å²) in [6.45, 7) is 3.69. The van der Waals surface area contributed by atoms with Crippen molar-refractivity contribution < 1.29 is 59.4 Å². The van der Waals surface area contributed by atoms with E-state index in [-0.39, 0.29) is 36.6 Å². The fraction of sp³-hybridized carbons (Fsp3) is 0.302. The fourth-order valence-electron chi connectivity index (χ4n) is 6.34. The molecule has 1 aromatic heterocycles. The molecule has 0 radical (unpaired) electrons. The lowest BCUT2D eigenvalue weighted by molar-refractivity contribution is -0.173. The molecule has 3 heterocycles. The summed E-state index contributed by atoms with van der Waals surface area (Å²) in [5.41, 5.74) is 3.49. The number of halogens is 6. The predicted molar refractivity (Wildman–Crippen MR) is 215 cm³/mol. The van der Waals surface area contributed by atoms with Crippen LogP contribution in [0.15, 0.2) is 114 Å². The molecule has 2 aliphatic rings. The number of Topliss-reactive ketones (excluding diaryl/α,β-unsaturated/α-hetero) is 1. The van der Waals surface area contributed by atoms with E-state index in [1.54, 1.807) is 61.3 Å². The number of carbonyl (C=O) groups is 4. The summed E-state index contributed by atoms with van der Waals surface area (Å²) in [6, 6.07) is 30.9. The lowest BCUT2D eigenvalue weighted by Crippen LogP contribution is -2.48. The zero-order valence-electron chi connectivity index (χ0n) is 33.5. The second-order valence-electron chi connectivity index (χ2n) is 14.0. The van der Waals surface area contributed by atoms with Crippen LogP contribution >= 0.6 is 0 Å². The van der Waals surface area contributed by atoms with Gasteiger partial charge in [0.15, 0.2) is 5.78 Å². The molecule has 2 fully saturated rings. The van der Waals surface area contributed by atoms with Gasteiger partial charge in [-0.15, -0.1) is 10.2 Å². The van der Waals surface area contributed by atoms with E-state index in [4.69, 9.17) is 13.9 Å². The van der Waals surface area contributed by atoms with Gasteiger partial charge >= 0.3 is 36.2 Å². The number of benzene rings is 4. The number of ketones is 1. The first kappa shape index (κ1) is 45.7. The number of hydrogen-bond donors (Lipinski definition) is 1. The zero-order valence-corrected chi connectivity index (χ0v) is 33.5. The van der Waals surface area contributed by atoms with E-state index in [1.807, 2.05) is 60.7 Å². The second kappa shape index (κ2) is 20.8. The van der Waals surface area contributed by atoms with E-state index in [0.29, 0.717) is 63.9 Å². The summed E-state index contributed by atoms with van der Waals surface area (Å²) < 4.78 is 90.1. The van der Waals surface area contributed by atoms with Crippen LogP contribution in [-0.4, -0.2) is 109 Å². The Morgan fingerprint density at radius 1 is 0.603 bits per heavy atom. The summed E-state index contributed by atoms with van der Waals surface area (Å²) in [7, 11) is 0. The van der Waals surface area contributed by atoms with E-state index in [1.165, 1.54) is 12.1 Å². The highest BCUT2D eigenvalue weighted by Crippen LogP contribution is 2.31. The van der Waals surface area contributed by atoms with E-state index in [2.05, 4.69) is 10.2 Å². The number of nitrogens with zero attached hydrogens (tertiary/aromatic N) is 6. The predicted octanol–water partition coefficient (Wildman–Crippen LogP) is 7.22. The minimum atomic E-state index is -5.04. The minimum absolute atomic E-state index is 0.134. The van der Waals surface area contributed by atoms with Crippen LogP contribution in [0.5, 0.6) is 0 Å². The number of rotatable bonds is 10. The molecule has 2 aliphatic heterocycles. The van der Waals surface area contributed by atoms with Crippen LogP contribution in [0.2, 0.25) is 0 Å². The van der Waals surface area contributed by atoms with E-state index < -0.39 is 36.5 Å². The van der Waals surface area contributed by atoms with Gasteiger partial charge in [0.05, 0.1) is 46.1 Å². The van der Waals surface area contributed by atoms with Gasteiger partial charge in [-0.2, -0.15) is 26.3 Å². The van der Waals surface area contributed by atoms with Crippen LogP contribution in [0.4, 0.5) is 47.3 Å². The van der Waals surface area contributed by atoms with Crippen LogP contribution < -0.4 is 15.1 Å². The molecule has 0 saturated carbocycles. The van der Waals surface area contributed by atoms with E-state index in [0.717, 1.165) is 16.8 Å². The standard InChI is InChI=1S/C22H22F3N3O4.C21H19F3N4O3/c23-22(24,25)20(30)26-14-19(29)17-8-6-16(7-9-17)15-28(18-4-2-1-3-5-18)21(31)27-10-12-32-13-11-27;22-21(23,24)19-26-25-18(31-19)16-8-6-15(7-9-16)14-28(17-4-2-1-3-5-17)20(29)27-10-12-30-13-11-27/h1-9H,10-15H2,(H,26,30);1-9H,10-14H2. The summed E-state index contributed by atoms with van der Waals surface area (Å²) in [5.74, 6) is -4.43. The Bertz CT molecular complexity index is 2280. The maximum Gasteiger partial charge on any atom is 0.471 e. The van der Waals surface area contributed by atoms with Crippen molar-refractivity contribution in [2.45, 2.75) is 25.4 Å². The maximum absolute atomic E-state index is 13.1. The Kier molecular flexibility index (Phi) is 15.1.